The van der Waals surface area contributed by atoms with E-state index in [1.165, 1.54) is 12.1 Å². The fourth-order valence-electron chi connectivity index (χ4n) is 6.89. The molecule has 6 atom stereocenters. The molecule has 2 fully saturated rings. The highest BCUT2D eigenvalue weighted by molar-refractivity contribution is 7.35. The van der Waals surface area contributed by atoms with Crippen molar-refractivity contribution in [3.8, 4) is 0 Å². The van der Waals surface area contributed by atoms with Crippen LogP contribution in [0.25, 0.3) is 0 Å². The van der Waals surface area contributed by atoms with Crippen molar-refractivity contribution in [2.45, 2.75) is 79.3 Å². The van der Waals surface area contributed by atoms with Gasteiger partial charge < -0.3 is 26.4 Å². The van der Waals surface area contributed by atoms with E-state index in [1.807, 2.05) is 45.0 Å². The molecule has 2 heterocycles. The number of urea groups is 2. The number of hydrogen-bond acceptors (Lipinski definition) is 7. The molecule has 2 aliphatic carbocycles. The molecule has 0 spiro atoms. The number of fused-ring (bicyclic) bond motifs is 1. The maximum atomic E-state index is 13.8. The molecular weight excluding hydrogens is 654 g/mol. The Morgan fingerprint density at radius 2 is 1.88 bits per heavy atom. The molecule has 5 N–H and O–H groups in total. The molecule has 0 bridgehead atoms. The fourth-order valence-corrected chi connectivity index (χ4v) is 7.36. The normalized spacial score (nSPS) is 23.4. The van der Waals surface area contributed by atoms with Gasteiger partial charge in [-0.25, -0.2) is 19.3 Å². The van der Waals surface area contributed by atoms with Crippen molar-refractivity contribution in [3.05, 3.63) is 70.6 Å². The number of piperazine rings is 1. The van der Waals surface area contributed by atoms with E-state index in [-0.39, 0.29) is 18.3 Å². The Morgan fingerprint density at radius 3 is 2.55 bits per heavy atom. The summed E-state index contributed by atoms with van der Waals surface area (Å²) in [6, 6.07) is 3.96. The standard InChI is InChI=1S/C35H49N5O4P2.C2H6.H3N/c1-5-8-10-27-31(33(41)44-7-3)32(24-12-14-29(45)30(46)20-24)40(35(43)37-27)34(42)36-15-9-16-38-17-18-39(21-25(38)6-2)28-13-11-23-19-26(23)22(28)4;1-2;/h8,10-14,20,23,25-26,32H,5-7,9,15-19,21,45-46H2,1-4H3,(H,36,42)(H,37,43);1-2H3;1H3/b10-8+;;/t23?,25-,26?,32?;;/m0../s1. The Morgan fingerprint density at radius 1 is 1.12 bits per heavy atom. The van der Waals surface area contributed by atoms with Crippen LogP contribution in [-0.4, -0.2) is 78.1 Å². The largest absolute Gasteiger partial charge is 0.463 e. The van der Waals surface area contributed by atoms with Crippen LogP contribution in [0, 0.1) is 11.8 Å². The minimum atomic E-state index is -0.954. The first kappa shape index (κ1) is 40.4. The summed E-state index contributed by atoms with van der Waals surface area (Å²) in [5.41, 5.74) is 4.18. The van der Waals surface area contributed by atoms with Crippen molar-refractivity contribution < 1.29 is 19.1 Å². The molecule has 1 saturated carbocycles. The molecule has 5 rings (SSSR count). The summed E-state index contributed by atoms with van der Waals surface area (Å²) in [4.78, 5) is 46.9. The molecule has 10 nitrogen and oxygen atoms in total. The number of carbonyl (C=O) groups excluding carboxylic acids is 3. The Hall–Kier alpha value is -3.03. The van der Waals surface area contributed by atoms with Gasteiger partial charge in [-0.2, -0.15) is 0 Å². The number of benzene rings is 1. The zero-order valence-electron chi connectivity index (χ0n) is 30.3. The van der Waals surface area contributed by atoms with Crippen molar-refractivity contribution in [2.24, 2.45) is 11.8 Å². The van der Waals surface area contributed by atoms with Gasteiger partial charge in [-0.05, 0) is 91.3 Å². The Labute approximate surface area is 298 Å². The van der Waals surface area contributed by atoms with E-state index >= 15 is 0 Å². The average molecular weight is 713 g/mol. The number of ether oxygens (including phenoxy) is 1. The van der Waals surface area contributed by atoms with Gasteiger partial charge in [-0.3, -0.25) is 4.90 Å². The van der Waals surface area contributed by atoms with E-state index in [9.17, 15) is 14.4 Å². The highest BCUT2D eigenvalue weighted by Crippen LogP contribution is 2.49. The van der Waals surface area contributed by atoms with Crippen LogP contribution >= 0.6 is 18.5 Å². The predicted molar refractivity (Wildman–Crippen MR) is 206 cm³/mol. The minimum Gasteiger partial charge on any atom is -0.463 e. The van der Waals surface area contributed by atoms with Crippen LogP contribution in [0.4, 0.5) is 9.59 Å². The lowest BCUT2D eigenvalue weighted by molar-refractivity contribution is -0.139. The maximum Gasteiger partial charge on any atom is 0.338 e. The summed E-state index contributed by atoms with van der Waals surface area (Å²) in [7, 11) is 5.34. The molecular formula is C37H58N6O4P2. The Kier molecular flexibility index (Phi) is 15.5. The van der Waals surface area contributed by atoms with Crippen LogP contribution in [0.1, 0.15) is 78.8 Å². The van der Waals surface area contributed by atoms with Crippen LogP contribution in [0.2, 0.25) is 0 Å². The molecule has 4 aliphatic rings. The smallest absolute Gasteiger partial charge is 0.338 e. The van der Waals surface area contributed by atoms with Gasteiger partial charge in [-0.15, -0.1) is 18.5 Å². The highest BCUT2D eigenvalue weighted by atomic mass is 31.0. The van der Waals surface area contributed by atoms with Crippen molar-refractivity contribution in [1.29, 1.82) is 0 Å². The molecule has 1 aromatic carbocycles. The summed E-state index contributed by atoms with van der Waals surface area (Å²) >= 11 is 0. The maximum absolute atomic E-state index is 13.8. The van der Waals surface area contributed by atoms with E-state index in [0.29, 0.717) is 30.3 Å². The first-order valence-corrected chi connectivity index (χ1v) is 18.8. The summed E-state index contributed by atoms with van der Waals surface area (Å²) in [5, 5.41) is 7.60. The third kappa shape index (κ3) is 9.40. The lowest BCUT2D eigenvalue weighted by atomic mass is 9.93. The molecule has 12 heteroatoms. The Bertz CT molecular complexity index is 1470. The second kappa shape index (κ2) is 18.8. The fraction of sp³-hybridized carbons (Fsp3) is 0.541. The highest BCUT2D eigenvalue weighted by Gasteiger charge is 2.43. The topological polar surface area (TPSA) is 129 Å². The number of hydrogen-bond donors (Lipinski definition) is 3. The van der Waals surface area contributed by atoms with Gasteiger partial charge in [0, 0.05) is 44.5 Å². The predicted octanol–water partition coefficient (Wildman–Crippen LogP) is 5.70. The van der Waals surface area contributed by atoms with Gasteiger partial charge in [0.25, 0.3) is 0 Å². The number of nitrogens with one attached hydrogen (secondary N) is 2. The van der Waals surface area contributed by atoms with Crippen molar-refractivity contribution in [1.82, 2.24) is 31.5 Å². The lowest BCUT2D eigenvalue weighted by Gasteiger charge is -2.43. The number of carbonyl (C=O) groups is 3. The zero-order chi connectivity index (χ0) is 35.0. The van der Waals surface area contributed by atoms with Gasteiger partial charge >= 0.3 is 18.0 Å². The minimum absolute atomic E-state index is 0. The second-order valence-electron chi connectivity index (χ2n) is 12.5. The van der Waals surface area contributed by atoms with Crippen LogP contribution in [0.15, 0.2) is 65.0 Å². The SMILES string of the molecule is CC.CC/C=C/C1=C(C(=O)OCC)C(c2ccc(P)c(P)c2)N(C(=O)NCCCN2CCN(C3=C(C)C4CC4C=C3)C[C@@H]2CC)C(=O)N1.N. The van der Waals surface area contributed by atoms with Gasteiger partial charge in [0.2, 0.25) is 0 Å². The number of allylic oxidation sites excluding steroid dienone is 5. The quantitative estimate of drug-likeness (QED) is 0.153. The van der Waals surface area contributed by atoms with Gasteiger partial charge in [0.1, 0.15) is 6.04 Å². The first-order valence-electron chi connectivity index (χ1n) is 17.7. The molecule has 5 unspecified atom stereocenters. The summed E-state index contributed by atoms with van der Waals surface area (Å²) in [6.07, 6.45) is 12.1. The van der Waals surface area contributed by atoms with E-state index in [1.54, 1.807) is 18.6 Å². The molecule has 0 radical (unpaired) electrons. The number of nitrogens with zero attached hydrogens (tertiary/aromatic N) is 3. The van der Waals surface area contributed by atoms with Crippen LogP contribution < -0.4 is 27.4 Å². The number of imide groups is 1. The second-order valence-corrected chi connectivity index (χ2v) is 13.8. The molecule has 1 saturated heterocycles. The van der Waals surface area contributed by atoms with E-state index in [4.69, 9.17) is 4.74 Å². The molecule has 1 aromatic rings. The molecule has 2 aliphatic heterocycles. The van der Waals surface area contributed by atoms with Crippen molar-refractivity contribution in [3.63, 3.8) is 0 Å². The number of rotatable bonds is 11. The third-order valence-corrected chi connectivity index (χ3v) is 10.9. The monoisotopic (exact) mass is 712 g/mol. The number of esters is 1. The lowest BCUT2D eigenvalue weighted by Crippen LogP contribution is -2.55. The molecule has 49 heavy (non-hydrogen) atoms. The number of amides is 4. The summed E-state index contributed by atoms with van der Waals surface area (Å²) in [6.45, 7) is 16.7. The van der Waals surface area contributed by atoms with Gasteiger partial charge in [-0.1, -0.05) is 52.0 Å². The Balaban J connectivity index is 0.00000213. The average Bonchev–Trinajstić information content (AvgIpc) is 3.89. The van der Waals surface area contributed by atoms with Crippen molar-refractivity contribution in [2.75, 3.05) is 39.3 Å². The van der Waals surface area contributed by atoms with Gasteiger partial charge in [0.15, 0.2) is 0 Å². The molecule has 4 amide bonds. The molecule has 0 aromatic heterocycles. The van der Waals surface area contributed by atoms with Crippen LogP contribution in [-0.2, 0) is 9.53 Å². The summed E-state index contributed by atoms with van der Waals surface area (Å²) < 4.78 is 5.44. The van der Waals surface area contributed by atoms with Crippen LogP contribution in [0.3, 0.4) is 0 Å². The molecule has 270 valence electrons. The van der Waals surface area contributed by atoms with Crippen molar-refractivity contribution >= 4 is 47.1 Å². The zero-order valence-corrected chi connectivity index (χ0v) is 32.6. The van der Waals surface area contributed by atoms with Crippen LogP contribution in [0.5, 0.6) is 0 Å². The first-order chi connectivity index (χ1) is 23.2. The van der Waals surface area contributed by atoms with E-state index < -0.39 is 24.1 Å². The third-order valence-electron chi connectivity index (χ3n) is 9.56. The van der Waals surface area contributed by atoms with E-state index in [2.05, 4.69) is 64.9 Å². The van der Waals surface area contributed by atoms with Gasteiger partial charge in [0.05, 0.1) is 17.9 Å². The van der Waals surface area contributed by atoms with E-state index in [0.717, 1.165) is 66.4 Å². The summed E-state index contributed by atoms with van der Waals surface area (Å²) in [5.74, 6) is 0.942.